The van der Waals surface area contributed by atoms with Crippen molar-refractivity contribution in [3.63, 3.8) is 0 Å². The highest BCUT2D eigenvalue weighted by molar-refractivity contribution is 7.27. The van der Waals surface area contributed by atoms with Crippen LogP contribution in [0.1, 0.15) is 5.56 Å². The number of H-pyrrole nitrogens is 1. The Morgan fingerprint density at radius 1 is 0.675 bits per heavy atom. The Kier molecular flexibility index (Phi) is 4.00. The zero-order valence-electron chi connectivity index (χ0n) is 21.7. The van der Waals surface area contributed by atoms with Crippen LogP contribution in [-0.4, -0.2) is 16.8 Å². The smallest absolute Gasteiger partial charge is 0.198 e. The fourth-order valence-electron chi connectivity index (χ4n) is 7.22. The monoisotopic (exact) mass is 544 g/mol. The predicted molar refractivity (Wildman–Crippen MR) is 177 cm³/mol. The van der Waals surface area contributed by atoms with Crippen LogP contribution in [-0.2, 0) is 0 Å². The SMILES string of the molecule is Cc1cc(-c2cccc3c2[nH]c2sc4ccccc4c23)c2c(c1)-n1c3c(cccc3c3sc4ccccc4c31)B2. The Hall–Kier alpha value is -4.32. The Morgan fingerprint density at radius 2 is 1.43 bits per heavy atom. The molecule has 0 atom stereocenters. The Labute approximate surface area is 238 Å². The number of hydrogen-bond acceptors (Lipinski definition) is 2. The highest BCUT2D eigenvalue weighted by Gasteiger charge is 2.28. The average Bonchev–Trinajstić information content (AvgIpc) is 3.71. The minimum Gasteiger partial charge on any atom is -0.346 e. The molecule has 2 nitrogen and oxygen atoms in total. The molecule has 5 aromatic carbocycles. The normalized spacial score (nSPS) is 12.8. The first-order chi connectivity index (χ1) is 19.7. The highest BCUT2D eigenvalue weighted by Crippen LogP contribution is 2.44. The fraction of sp³-hybridized carbons (Fsp3) is 0.0286. The summed E-state index contributed by atoms with van der Waals surface area (Å²) >= 11 is 3.78. The lowest BCUT2D eigenvalue weighted by atomic mass is 9.59. The highest BCUT2D eigenvalue weighted by atomic mass is 32.1. The molecule has 5 heterocycles. The van der Waals surface area contributed by atoms with Crippen LogP contribution in [0.15, 0.2) is 97.1 Å². The number of benzene rings is 5. The van der Waals surface area contributed by atoms with E-state index in [0.717, 1.165) is 7.28 Å². The second kappa shape index (κ2) is 7.45. The third kappa shape index (κ3) is 2.60. The summed E-state index contributed by atoms with van der Waals surface area (Å²) in [4.78, 5) is 5.12. The van der Waals surface area contributed by atoms with E-state index in [-0.39, 0.29) is 0 Å². The maximum Gasteiger partial charge on any atom is 0.198 e. The van der Waals surface area contributed by atoms with Crippen molar-refractivity contribution in [2.45, 2.75) is 6.92 Å². The number of hydrogen-bond donors (Lipinski definition) is 1. The van der Waals surface area contributed by atoms with Crippen molar-refractivity contribution in [3.05, 3.63) is 103 Å². The first kappa shape index (κ1) is 21.5. The third-order valence-electron chi connectivity index (χ3n) is 8.82. The molecular formula is C35H21BN2S2. The van der Waals surface area contributed by atoms with Crippen molar-refractivity contribution in [3.8, 4) is 16.8 Å². The van der Waals surface area contributed by atoms with Gasteiger partial charge in [-0.2, -0.15) is 0 Å². The number of aromatic amines is 1. The van der Waals surface area contributed by atoms with Crippen molar-refractivity contribution < 1.29 is 0 Å². The molecule has 9 aromatic rings. The largest absolute Gasteiger partial charge is 0.346 e. The summed E-state index contributed by atoms with van der Waals surface area (Å²) in [5, 5.41) is 6.72. The van der Waals surface area contributed by atoms with Crippen LogP contribution in [0.25, 0.3) is 79.2 Å². The zero-order valence-corrected chi connectivity index (χ0v) is 23.3. The van der Waals surface area contributed by atoms with Gasteiger partial charge in [-0.15, -0.1) is 22.7 Å². The van der Waals surface area contributed by atoms with Gasteiger partial charge in [-0.25, -0.2) is 0 Å². The van der Waals surface area contributed by atoms with Crippen molar-refractivity contribution in [1.82, 2.24) is 9.55 Å². The topological polar surface area (TPSA) is 20.7 Å². The van der Waals surface area contributed by atoms with Gasteiger partial charge in [0.15, 0.2) is 7.28 Å². The molecule has 5 heteroatoms. The maximum absolute atomic E-state index is 3.86. The van der Waals surface area contributed by atoms with E-state index in [1.807, 2.05) is 22.7 Å². The number of aryl methyl sites for hydroxylation is 1. The predicted octanol–water partition coefficient (Wildman–Crippen LogP) is 8.52. The molecular weight excluding hydrogens is 523 g/mol. The molecule has 186 valence electrons. The molecule has 4 aromatic heterocycles. The molecule has 0 fully saturated rings. The number of thiophene rings is 2. The van der Waals surface area contributed by atoms with E-state index in [4.69, 9.17) is 0 Å². The molecule has 0 saturated carbocycles. The lowest BCUT2D eigenvalue weighted by molar-refractivity contribution is 1.19. The Morgan fingerprint density at radius 3 is 2.33 bits per heavy atom. The summed E-state index contributed by atoms with van der Waals surface area (Å²) in [5.74, 6) is 0. The van der Waals surface area contributed by atoms with E-state index in [1.54, 1.807) is 0 Å². The third-order valence-corrected chi connectivity index (χ3v) is 11.1. The van der Waals surface area contributed by atoms with Gasteiger partial charge in [0.25, 0.3) is 0 Å². The standard InChI is InChI=1S/C35H21BN2S2/c1-18-16-24(19-10-6-11-22-29-20-8-2-4-14-27(20)40-35(29)37-31(19)22)30-26(17-18)38-32-23(12-7-13-25(32)36-30)34-33(38)21-9-3-5-15-28(21)39-34/h2-17,36-37H,1H3. The lowest BCUT2D eigenvalue weighted by Crippen LogP contribution is -2.37. The van der Waals surface area contributed by atoms with E-state index in [2.05, 4.69) is 114 Å². The number of para-hydroxylation sites is 2. The van der Waals surface area contributed by atoms with Crippen LogP contribution in [0, 0.1) is 6.92 Å². The summed E-state index contributed by atoms with van der Waals surface area (Å²) < 4.78 is 6.67. The summed E-state index contributed by atoms with van der Waals surface area (Å²) in [5.41, 5.74) is 12.0. The van der Waals surface area contributed by atoms with Gasteiger partial charge in [0.2, 0.25) is 0 Å². The molecule has 1 N–H and O–H groups in total. The summed E-state index contributed by atoms with van der Waals surface area (Å²) in [6.45, 7) is 2.24. The van der Waals surface area contributed by atoms with E-state index >= 15 is 0 Å². The molecule has 0 spiro atoms. The quantitative estimate of drug-likeness (QED) is 0.200. The van der Waals surface area contributed by atoms with Crippen LogP contribution in [0.5, 0.6) is 0 Å². The number of fused-ring (bicyclic) bond motifs is 12. The fourth-order valence-corrected chi connectivity index (χ4v) is 9.55. The second-order valence-electron chi connectivity index (χ2n) is 11.1. The summed E-state index contributed by atoms with van der Waals surface area (Å²) in [6.07, 6.45) is 0. The molecule has 0 aliphatic carbocycles. The van der Waals surface area contributed by atoms with Crippen LogP contribution in [0.4, 0.5) is 0 Å². The van der Waals surface area contributed by atoms with Gasteiger partial charge in [-0.3, -0.25) is 0 Å². The van der Waals surface area contributed by atoms with Gasteiger partial charge < -0.3 is 9.55 Å². The molecule has 0 bridgehead atoms. The first-order valence-electron chi connectivity index (χ1n) is 13.7. The van der Waals surface area contributed by atoms with Crippen molar-refractivity contribution >= 4 is 103 Å². The van der Waals surface area contributed by atoms with Gasteiger partial charge in [0.1, 0.15) is 4.83 Å². The van der Waals surface area contributed by atoms with Crippen molar-refractivity contribution in [2.75, 3.05) is 0 Å². The molecule has 10 rings (SSSR count). The molecule has 1 aliphatic heterocycles. The molecule has 0 saturated heterocycles. The van der Waals surface area contributed by atoms with Crippen molar-refractivity contribution in [2.24, 2.45) is 0 Å². The van der Waals surface area contributed by atoms with Gasteiger partial charge in [0.05, 0.1) is 15.7 Å². The van der Waals surface area contributed by atoms with E-state index in [0.29, 0.717) is 0 Å². The van der Waals surface area contributed by atoms with Gasteiger partial charge in [-0.05, 0) is 41.7 Å². The average molecular weight is 545 g/mol. The van der Waals surface area contributed by atoms with E-state index in [9.17, 15) is 0 Å². The zero-order chi connectivity index (χ0) is 26.1. The van der Waals surface area contributed by atoms with E-state index < -0.39 is 0 Å². The van der Waals surface area contributed by atoms with Crippen molar-refractivity contribution in [1.29, 1.82) is 0 Å². The summed E-state index contributed by atoms with van der Waals surface area (Å²) in [6, 6.07) is 36.2. The number of nitrogens with one attached hydrogen (secondary N) is 1. The maximum atomic E-state index is 3.86. The Balaban J connectivity index is 1.33. The number of aromatic nitrogens is 2. The molecule has 0 radical (unpaired) electrons. The van der Waals surface area contributed by atoms with Crippen LogP contribution >= 0.6 is 22.7 Å². The first-order valence-corrected chi connectivity index (χ1v) is 15.4. The number of rotatable bonds is 1. The minimum absolute atomic E-state index is 0.936. The van der Waals surface area contributed by atoms with Gasteiger partial charge in [-0.1, -0.05) is 84.3 Å². The number of nitrogens with zero attached hydrogens (tertiary/aromatic N) is 1. The van der Waals surface area contributed by atoms with Crippen LogP contribution in [0.2, 0.25) is 0 Å². The summed E-state index contributed by atoms with van der Waals surface area (Å²) in [7, 11) is 0.936. The van der Waals surface area contributed by atoms with Gasteiger partial charge in [0, 0.05) is 53.1 Å². The minimum atomic E-state index is 0.936. The van der Waals surface area contributed by atoms with Crippen LogP contribution < -0.4 is 10.9 Å². The second-order valence-corrected chi connectivity index (χ2v) is 13.2. The van der Waals surface area contributed by atoms with E-state index in [1.165, 1.54) is 95.7 Å². The van der Waals surface area contributed by atoms with Gasteiger partial charge >= 0.3 is 0 Å². The molecule has 0 unspecified atom stereocenters. The van der Waals surface area contributed by atoms with Crippen LogP contribution in [0.3, 0.4) is 0 Å². The Bertz CT molecular complexity index is 2540. The molecule has 1 aliphatic rings. The lowest BCUT2D eigenvalue weighted by Gasteiger charge is -2.24. The molecule has 0 amide bonds. The molecule has 40 heavy (non-hydrogen) atoms.